The lowest BCUT2D eigenvalue weighted by Gasteiger charge is -2.08. The molecule has 0 aromatic carbocycles. The SMILES string of the molecule is CC[C@@H]1CNC[C@@H]1C. The van der Waals surface area contributed by atoms with E-state index < -0.39 is 0 Å². The lowest BCUT2D eigenvalue weighted by atomic mass is 9.96. The third kappa shape index (κ3) is 1.03. The molecule has 1 aliphatic rings. The van der Waals surface area contributed by atoms with Gasteiger partial charge in [0.25, 0.3) is 0 Å². The zero-order chi connectivity index (χ0) is 5.98. The summed E-state index contributed by atoms with van der Waals surface area (Å²) in [5, 5.41) is 3.37. The second-order valence-electron chi connectivity index (χ2n) is 2.80. The van der Waals surface area contributed by atoms with E-state index in [4.69, 9.17) is 0 Å². The topological polar surface area (TPSA) is 12.0 Å². The van der Waals surface area contributed by atoms with Crippen molar-refractivity contribution >= 4 is 0 Å². The van der Waals surface area contributed by atoms with Gasteiger partial charge in [0, 0.05) is 0 Å². The molecule has 1 fully saturated rings. The monoisotopic (exact) mass is 113 g/mol. The third-order valence-electron chi connectivity index (χ3n) is 2.20. The minimum absolute atomic E-state index is 0.917. The van der Waals surface area contributed by atoms with Crippen LogP contribution in [-0.2, 0) is 0 Å². The maximum atomic E-state index is 3.37. The summed E-state index contributed by atoms with van der Waals surface area (Å²) < 4.78 is 0. The minimum atomic E-state index is 0.917. The summed E-state index contributed by atoms with van der Waals surface area (Å²) in [5.74, 6) is 1.87. The molecule has 0 unspecified atom stereocenters. The lowest BCUT2D eigenvalue weighted by Crippen LogP contribution is -2.07. The quantitative estimate of drug-likeness (QED) is 0.539. The largest absolute Gasteiger partial charge is 0.316 e. The van der Waals surface area contributed by atoms with Crippen LogP contribution in [0.25, 0.3) is 0 Å². The van der Waals surface area contributed by atoms with Crippen LogP contribution >= 0.6 is 0 Å². The Morgan fingerprint density at radius 2 is 2.25 bits per heavy atom. The van der Waals surface area contributed by atoms with Gasteiger partial charge in [-0.25, -0.2) is 0 Å². The number of nitrogens with one attached hydrogen (secondary N) is 1. The molecule has 0 aliphatic carbocycles. The fourth-order valence-electron chi connectivity index (χ4n) is 1.41. The molecule has 1 saturated heterocycles. The normalized spacial score (nSPS) is 38.2. The maximum Gasteiger partial charge on any atom is -0.00175 e. The lowest BCUT2D eigenvalue weighted by molar-refractivity contribution is 0.440. The van der Waals surface area contributed by atoms with E-state index in [-0.39, 0.29) is 0 Å². The van der Waals surface area contributed by atoms with E-state index in [0.29, 0.717) is 0 Å². The Kier molecular flexibility index (Phi) is 1.90. The molecule has 1 nitrogen and oxygen atoms in total. The van der Waals surface area contributed by atoms with Crippen LogP contribution in [0.2, 0.25) is 0 Å². The Labute approximate surface area is 51.5 Å². The van der Waals surface area contributed by atoms with Crippen LogP contribution in [0.5, 0.6) is 0 Å². The fourth-order valence-corrected chi connectivity index (χ4v) is 1.41. The van der Waals surface area contributed by atoms with E-state index in [1.807, 2.05) is 0 Å². The van der Waals surface area contributed by atoms with Crippen LogP contribution in [0, 0.1) is 11.8 Å². The number of rotatable bonds is 1. The van der Waals surface area contributed by atoms with Gasteiger partial charge in [-0.1, -0.05) is 20.3 Å². The van der Waals surface area contributed by atoms with Crippen LogP contribution < -0.4 is 5.32 Å². The molecular formula is C7H15N. The highest BCUT2D eigenvalue weighted by atomic mass is 14.9. The number of hydrogen-bond acceptors (Lipinski definition) is 1. The van der Waals surface area contributed by atoms with Gasteiger partial charge in [-0.3, -0.25) is 0 Å². The molecule has 0 bridgehead atoms. The van der Waals surface area contributed by atoms with E-state index >= 15 is 0 Å². The van der Waals surface area contributed by atoms with Crippen LogP contribution in [0.3, 0.4) is 0 Å². The first-order valence-electron chi connectivity index (χ1n) is 3.55. The van der Waals surface area contributed by atoms with Crippen molar-refractivity contribution in [2.24, 2.45) is 11.8 Å². The highest BCUT2D eigenvalue weighted by Gasteiger charge is 2.20. The molecule has 0 aromatic rings. The smallest absolute Gasteiger partial charge is 0.00175 e. The molecule has 1 aliphatic heterocycles. The first kappa shape index (κ1) is 6.09. The molecule has 1 rings (SSSR count). The Balaban J connectivity index is 2.30. The van der Waals surface area contributed by atoms with E-state index in [1.54, 1.807) is 0 Å². The van der Waals surface area contributed by atoms with E-state index in [0.717, 1.165) is 11.8 Å². The molecule has 8 heavy (non-hydrogen) atoms. The maximum absolute atomic E-state index is 3.37. The van der Waals surface area contributed by atoms with Crippen LogP contribution in [-0.4, -0.2) is 13.1 Å². The Morgan fingerprint density at radius 3 is 2.50 bits per heavy atom. The highest BCUT2D eigenvalue weighted by Crippen LogP contribution is 2.17. The second kappa shape index (κ2) is 2.49. The first-order valence-corrected chi connectivity index (χ1v) is 3.55. The van der Waals surface area contributed by atoms with Gasteiger partial charge in [0.05, 0.1) is 0 Å². The molecule has 0 radical (unpaired) electrons. The van der Waals surface area contributed by atoms with Gasteiger partial charge in [0.1, 0.15) is 0 Å². The summed E-state index contributed by atoms with van der Waals surface area (Å²) >= 11 is 0. The van der Waals surface area contributed by atoms with Crippen molar-refractivity contribution in [3.63, 3.8) is 0 Å². The van der Waals surface area contributed by atoms with E-state index in [1.165, 1.54) is 19.5 Å². The summed E-state index contributed by atoms with van der Waals surface area (Å²) in [6.45, 7) is 7.08. The van der Waals surface area contributed by atoms with Crippen molar-refractivity contribution in [2.45, 2.75) is 20.3 Å². The molecule has 0 amide bonds. The molecule has 1 N–H and O–H groups in total. The van der Waals surface area contributed by atoms with Gasteiger partial charge in [0.2, 0.25) is 0 Å². The Hall–Kier alpha value is -0.0400. The van der Waals surface area contributed by atoms with Crippen LogP contribution in [0.15, 0.2) is 0 Å². The van der Waals surface area contributed by atoms with Gasteiger partial charge in [-0.15, -0.1) is 0 Å². The van der Waals surface area contributed by atoms with Crippen molar-refractivity contribution in [2.75, 3.05) is 13.1 Å². The van der Waals surface area contributed by atoms with Crippen molar-refractivity contribution in [1.82, 2.24) is 5.32 Å². The van der Waals surface area contributed by atoms with Gasteiger partial charge in [0.15, 0.2) is 0 Å². The molecule has 0 aromatic heterocycles. The molecule has 1 heterocycles. The molecule has 1 heteroatoms. The molecule has 0 saturated carbocycles. The molecule has 2 atom stereocenters. The average molecular weight is 113 g/mol. The van der Waals surface area contributed by atoms with Crippen LogP contribution in [0.4, 0.5) is 0 Å². The zero-order valence-electron chi connectivity index (χ0n) is 5.78. The Morgan fingerprint density at radius 1 is 1.50 bits per heavy atom. The van der Waals surface area contributed by atoms with Crippen molar-refractivity contribution in [3.8, 4) is 0 Å². The first-order chi connectivity index (χ1) is 3.84. The van der Waals surface area contributed by atoms with Gasteiger partial charge >= 0.3 is 0 Å². The Bertz CT molecular complexity index is 70.8. The predicted octanol–water partition coefficient (Wildman–Crippen LogP) is 1.25. The van der Waals surface area contributed by atoms with Gasteiger partial charge in [-0.05, 0) is 24.9 Å². The zero-order valence-corrected chi connectivity index (χ0v) is 5.78. The summed E-state index contributed by atoms with van der Waals surface area (Å²) in [6, 6.07) is 0. The second-order valence-corrected chi connectivity index (χ2v) is 2.80. The third-order valence-corrected chi connectivity index (χ3v) is 2.20. The van der Waals surface area contributed by atoms with Crippen molar-refractivity contribution in [1.29, 1.82) is 0 Å². The van der Waals surface area contributed by atoms with Crippen molar-refractivity contribution < 1.29 is 0 Å². The predicted molar refractivity (Wildman–Crippen MR) is 35.8 cm³/mol. The molecule has 48 valence electrons. The van der Waals surface area contributed by atoms with E-state index in [2.05, 4.69) is 19.2 Å². The fraction of sp³-hybridized carbons (Fsp3) is 1.00. The minimum Gasteiger partial charge on any atom is -0.316 e. The van der Waals surface area contributed by atoms with Crippen molar-refractivity contribution in [3.05, 3.63) is 0 Å². The highest BCUT2D eigenvalue weighted by molar-refractivity contribution is 4.76. The van der Waals surface area contributed by atoms with Crippen LogP contribution in [0.1, 0.15) is 20.3 Å². The van der Waals surface area contributed by atoms with Gasteiger partial charge in [-0.2, -0.15) is 0 Å². The summed E-state index contributed by atoms with van der Waals surface area (Å²) in [6.07, 6.45) is 1.34. The standard InChI is InChI=1S/C7H15N/c1-3-7-5-8-4-6(7)2/h6-8H,3-5H2,1-2H3/t6-,7+/m0/s1. The number of hydrogen-bond donors (Lipinski definition) is 1. The van der Waals surface area contributed by atoms with Gasteiger partial charge < -0.3 is 5.32 Å². The molecule has 0 spiro atoms. The average Bonchev–Trinajstić information content (AvgIpc) is 2.14. The molecular weight excluding hydrogens is 98.1 g/mol. The summed E-state index contributed by atoms with van der Waals surface area (Å²) in [7, 11) is 0. The van der Waals surface area contributed by atoms with E-state index in [9.17, 15) is 0 Å². The summed E-state index contributed by atoms with van der Waals surface area (Å²) in [5.41, 5.74) is 0. The summed E-state index contributed by atoms with van der Waals surface area (Å²) in [4.78, 5) is 0.